The largest absolute Gasteiger partial charge is 0.376 e. The van der Waals surface area contributed by atoms with Gasteiger partial charge in [-0.25, -0.2) is 9.48 Å². The van der Waals surface area contributed by atoms with E-state index in [4.69, 9.17) is 0 Å². The summed E-state index contributed by atoms with van der Waals surface area (Å²) in [6.07, 6.45) is 2.18. The summed E-state index contributed by atoms with van der Waals surface area (Å²) < 4.78 is 1.84. The van der Waals surface area contributed by atoms with Gasteiger partial charge in [0.2, 0.25) is 5.91 Å². The number of amides is 3. The number of tetrazole rings is 1. The zero-order valence-corrected chi connectivity index (χ0v) is 14.9. The molecule has 0 atom stereocenters. The second kappa shape index (κ2) is 7.94. The molecule has 1 fully saturated rings. The van der Waals surface area contributed by atoms with Gasteiger partial charge >= 0.3 is 6.03 Å². The van der Waals surface area contributed by atoms with E-state index in [0.29, 0.717) is 24.3 Å². The fraction of sp³-hybridized carbons (Fsp3) is 0.471. The second-order valence-electron chi connectivity index (χ2n) is 6.76. The van der Waals surface area contributed by atoms with Crippen LogP contribution in [0.5, 0.6) is 0 Å². The van der Waals surface area contributed by atoms with Gasteiger partial charge in [0, 0.05) is 17.8 Å². The van der Waals surface area contributed by atoms with Crippen LogP contribution in [-0.4, -0.2) is 45.2 Å². The third-order valence-corrected chi connectivity index (χ3v) is 3.88. The second-order valence-corrected chi connectivity index (χ2v) is 6.76. The van der Waals surface area contributed by atoms with Crippen molar-refractivity contribution >= 4 is 17.6 Å². The number of urea groups is 1. The quantitative estimate of drug-likeness (QED) is 0.693. The lowest BCUT2D eigenvalue weighted by molar-refractivity contribution is -0.118. The average molecular weight is 357 g/mol. The molecule has 26 heavy (non-hydrogen) atoms. The van der Waals surface area contributed by atoms with Crippen LogP contribution in [0.1, 0.15) is 32.7 Å². The predicted octanol–water partition coefficient (Wildman–Crippen LogP) is 1.57. The van der Waals surface area contributed by atoms with Gasteiger partial charge in [-0.2, -0.15) is 0 Å². The number of carbonyl (C=O) groups excluding carboxylic acids is 2. The zero-order chi connectivity index (χ0) is 18.5. The number of benzene rings is 1. The van der Waals surface area contributed by atoms with Crippen LogP contribution >= 0.6 is 0 Å². The van der Waals surface area contributed by atoms with Crippen LogP contribution in [0.3, 0.4) is 0 Å². The summed E-state index contributed by atoms with van der Waals surface area (Å²) in [5.74, 6) is 0.636. The highest BCUT2D eigenvalue weighted by atomic mass is 16.2. The highest BCUT2D eigenvalue weighted by molar-refractivity contribution is 5.96. The van der Waals surface area contributed by atoms with Crippen LogP contribution in [0.4, 0.5) is 10.5 Å². The first-order chi connectivity index (χ1) is 12.5. The minimum Gasteiger partial charge on any atom is -0.376 e. The Labute approximate surface area is 151 Å². The Kier molecular flexibility index (Phi) is 5.45. The molecule has 1 saturated carbocycles. The van der Waals surface area contributed by atoms with Crippen molar-refractivity contribution in [1.29, 1.82) is 0 Å². The highest BCUT2D eigenvalue weighted by Gasteiger charge is 2.28. The van der Waals surface area contributed by atoms with Crippen molar-refractivity contribution in [3.63, 3.8) is 0 Å². The molecule has 0 bridgehead atoms. The maximum Gasteiger partial charge on any atom is 0.321 e. The summed E-state index contributed by atoms with van der Waals surface area (Å²) in [7, 11) is 0. The SMILES string of the molecule is CC(C)CNC(=O)NC(=O)CNc1cccc(-c2nnnn2C2CC2)c1. The number of nitrogens with zero attached hydrogens (tertiary/aromatic N) is 4. The maximum absolute atomic E-state index is 11.9. The molecule has 3 amide bonds. The molecule has 1 aliphatic rings. The van der Waals surface area contributed by atoms with Crippen molar-refractivity contribution in [2.45, 2.75) is 32.7 Å². The summed E-state index contributed by atoms with van der Waals surface area (Å²) >= 11 is 0. The number of anilines is 1. The maximum atomic E-state index is 11.9. The van der Waals surface area contributed by atoms with E-state index in [1.54, 1.807) is 0 Å². The summed E-state index contributed by atoms with van der Waals surface area (Å²) in [6.45, 7) is 4.48. The molecule has 2 aromatic rings. The Balaban J connectivity index is 1.55. The smallest absolute Gasteiger partial charge is 0.321 e. The van der Waals surface area contributed by atoms with E-state index >= 15 is 0 Å². The fourth-order valence-electron chi connectivity index (χ4n) is 2.41. The molecular formula is C17H23N7O2. The van der Waals surface area contributed by atoms with Crippen molar-refractivity contribution in [2.75, 3.05) is 18.4 Å². The number of carbonyl (C=O) groups is 2. The molecule has 9 heteroatoms. The topological polar surface area (TPSA) is 114 Å². The summed E-state index contributed by atoms with van der Waals surface area (Å²) in [5, 5.41) is 19.8. The lowest BCUT2D eigenvalue weighted by Crippen LogP contribution is -2.43. The van der Waals surface area contributed by atoms with E-state index in [1.807, 2.05) is 42.8 Å². The molecule has 0 saturated heterocycles. The molecule has 0 radical (unpaired) electrons. The molecule has 0 unspecified atom stereocenters. The molecule has 1 aliphatic carbocycles. The molecule has 0 aliphatic heterocycles. The van der Waals surface area contributed by atoms with E-state index in [0.717, 1.165) is 24.1 Å². The first kappa shape index (κ1) is 17.8. The van der Waals surface area contributed by atoms with Gasteiger partial charge < -0.3 is 10.6 Å². The van der Waals surface area contributed by atoms with Crippen LogP contribution in [-0.2, 0) is 4.79 Å². The fourth-order valence-corrected chi connectivity index (χ4v) is 2.41. The third-order valence-electron chi connectivity index (χ3n) is 3.88. The summed E-state index contributed by atoms with van der Waals surface area (Å²) in [4.78, 5) is 23.5. The molecule has 0 spiro atoms. The van der Waals surface area contributed by atoms with Gasteiger partial charge in [-0.1, -0.05) is 26.0 Å². The van der Waals surface area contributed by atoms with E-state index in [9.17, 15) is 9.59 Å². The van der Waals surface area contributed by atoms with Gasteiger partial charge in [-0.15, -0.1) is 5.10 Å². The number of imide groups is 1. The van der Waals surface area contributed by atoms with Gasteiger partial charge in [0.1, 0.15) is 0 Å². The van der Waals surface area contributed by atoms with Gasteiger partial charge in [-0.3, -0.25) is 10.1 Å². The van der Waals surface area contributed by atoms with Crippen molar-refractivity contribution in [3.05, 3.63) is 24.3 Å². The normalized spacial score (nSPS) is 13.5. The van der Waals surface area contributed by atoms with Crippen molar-refractivity contribution in [1.82, 2.24) is 30.8 Å². The van der Waals surface area contributed by atoms with Crippen LogP contribution in [0.15, 0.2) is 24.3 Å². The lowest BCUT2D eigenvalue weighted by atomic mass is 10.2. The Morgan fingerprint density at radius 2 is 2.12 bits per heavy atom. The van der Waals surface area contributed by atoms with E-state index in [1.165, 1.54) is 0 Å². The molecule has 3 rings (SSSR count). The Morgan fingerprint density at radius 1 is 1.31 bits per heavy atom. The Bertz CT molecular complexity index is 783. The van der Waals surface area contributed by atoms with Crippen LogP contribution < -0.4 is 16.0 Å². The number of aromatic nitrogens is 4. The first-order valence-corrected chi connectivity index (χ1v) is 8.73. The van der Waals surface area contributed by atoms with Gasteiger partial charge in [0.15, 0.2) is 5.82 Å². The molecule has 138 valence electrons. The number of hydrogen-bond acceptors (Lipinski definition) is 6. The molecule has 3 N–H and O–H groups in total. The number of hydrogen-bond donors (Lipinski definition) is 3. The molecule has 1 heterocycles. The van der Waals surface area contributed by atoms with Crippen molar-refractivity contribution in [3.8, 4) is 11.4 Å². The van der Waals surface area contributed by atoms with Gasteiger partial charge in [-0.05, 0) is 41.3 Å². The van der Waals surface area contributed by atoms with Crippen LogP contribution in [0.2, 0.25) is 0 Å². The molecule has 9 nitrogen and oxygen atoms in total. The van der Waals surface area contributed by atoms with Gasteiger partial charge in [0.05, 0.1) is 12.6 Å². The van der Waals surface area contributed by atoms with E-state index in [-0.39, 0.29) is 6.54 Å². The standard InChI is InChI=1S/C17H23N7O2/c1-11(2)9-19-17(26)20-15(25)10-18-13-5-3-4-12(8-13)16-21-22-23-24(16)14-6-7-14/h3-5,8,11,14,18H,6-7,9-10H2,1-2H3,(H2,19,20,25,26). The first-order valence-electron chi connectivity index (χ1n) is 8.73. The minimum atomic E-state index is -0.483. The van der Waals surface area contributed by atoms with Crippen LogP contribution in [0.25, 0.3) is 11.4 Å². The van der Waals surface area contributed by atoms with E-state index < -0.39 is 11.9 Å². The monoisotopic (exact) mass is 357 g/mol. The lowest BCUT2D eigenvalue weighted by Gasteiger charge is -2.10. The summed E-state index contributed by atoms with van der Waals surface area (Å²) in [5.41, 5.74) is 1.63. The van der Waals surface area contributed by atoms with Crippen LogP contribution in [0, 0.1) is 5.92 Å². The Hall–Kier alpha value is -2.97. The zero-order valence-electron chi connectivity index (χ0n) is 14.9. The van der Waals surface area contributed by atoms with Crippen molar-refractivity contribution in [2.24, 2.45) is 5.92 Å². The molecule has 1 aromatic carbocycles. The van der Waals surface area contributed by atoms with Gasteiger partial charge in [0.25, 0.3) is 0 Å². The highest BCUT2D eigenvalue weighted by Crippen LogP contribution is 2.36. The number of nitrogens with one attached hydrogen (secondary N) is 3. The third kappa shape index (κ3) is 4.78. The number of rotatable bonds is 7. The predicted molar refractivity (Wildman–Crippen MR) is 96.4 cm³/mol. The average Bonchev–Trinajstić information content (AvgIpc) is 3.35. The minimum absolute atomic E-state index is 0.00782. The Morgan fingerprint density at radius 3 is 2.85 bits per heavy atom. The van der Waals surface area contributed by atoms with E-state index in [2.05, 4.69) is 31.5 Å². The summed E-state index contributed by atoms with van der Waals surface area (Å²) in [6, 6.07) is 7.43. The molecular weight excluding hydrogens is 334 g/mol. The molecule has 1 aromatic heterocycles. The van der Waals surface area contributed by atoms with Crippen molar-refractivity contribution < 1.29 is 9.59 Å².